The van der Waals surface area contributed by atoms with Crippen molar-refractivity contribution in [1.82, 2.24) is 14.9 Å². The second-order valence-corrected chi connectivity index (χ2v) is 8.48. The molecule has 0 fully saturated rings. The van der Waals surface area contributed by atoms with Crippen LogP contribution in [0.3, 0.4) is 0 Å². The number of imidazole rings is 1. The lowest BCUT2D eigenvalue weighted by Gasteiger charge is -2.21. The first-order valence-electron chi connectivity index (χ1n) is 10.3. The van der Waals surface area contributed by atoms with Crippen molar-refractivity contribution in [2.45, 2.75) is 19.4 Å². The van der Waals surface area contributed by atoms with Gasteiger partial charge in [0.15, 0.2) is 5.82 Å². The Morgan fingerprint density at radius 2 is 1.91 bits per heavy atom. The van der Waals surface area contributed by atoms with E-state index in [0.717, 1.165) is 5.56 Å². The maximum atomic E-state index is 13.1. The number of thioether (sulfide) groups is 1. The van der Waals surface area contributed by atoms with E-state index in [0.29, 0.717) is 34.8 Å². The molecule has 2 amide bonds. The quantitative estimate of drug-likeness (QED) is 0.498. The molecule has 3 rings (SSSR count). The number of nitrogens with zero attached hydrogens (tertiary/aromatic N) is 3. The summed E-state index contributed by atoms with van der Waals surface area (Å²) in [6.07, 6.45) is 5.54. The van der Waals surface area contributed by atoms with Crippen molar-refractivity contribution in [3.05, 3.63) is 66.6 Å². The molecular weight excluding hydrogens is 440 g/mol. The van der Waals surface area contributed by atoms with Gasteiger partial charge in [0.25, 0.3) is 5.91 Å². The highest BCUT2D eigenvalue weighted by molar-refractivity contribution is 7.98. The average molecular weight is 467 g/mol. The number of carboxylic acids is 1. The highest BCUT2D eigenvalue weighted by Gasteiger charge is 2.24. The third kappa shape index (κ3) is 5.81. The van der Waals surface area contributed by atoms with Crippen LogP contribution in [-0.4, -0.2) is 50.5 Å². The molecule has 1 heterocycles. The van der Waals surface area contributed by atoms with Crippen LogP contribution >= 0.6 is 11.8 Å². The first kappa shape index (κ1) is 24.1. The third-order valence-electron chi connectivity index (χ3n) is 5.04. The van der Waals surface area contributed by atoms with Gasteiger partial charge in [-0.25, -0.2) is 9.78 Å². The van der Waals surface area contributed by atoms with E-state index in [2.05, 4.69) is 10.3 Å². The van der Waals surface area contributed by atoms with Crippen molar-refractivity contribution in [1.29, 1.82) is 0 Å². The molecule has 0 saturated carbocycles. The minimum atomic E-state index is -1.08. The second-order valence-electron chi connectivity index (χ2n) is 7.49. The van der Waals surface area contributed by atoms with Crippen LogP contribution in [0.1, 0.15) is 23.7 Å². The molecule has 9 heteroatoms. The number of hydrogen-bond donors (Lipinski definition) is 2. The van der Waals surface area contributed by atoms with Gasteiger partial charge in [0, 0.05) is 25.7 Å². The van der Waals surface area contributed by atoms with Gasteiger partial charge < -0.3 is 15.0 Å². The molecule has 0 aliphatic carbocycles. The van der Waals surface area contributed by atoms with Crippen molar-refractivity contribution in [2.24, 2.45) is 7.05 Å². The summed E-state index contributed by atoms with van der Waals surface area (Å²) < 4.78 is 1.74. The second kappa shape index (κ2) is 10.8. The van der Waals surface area contributed by atoms with E-state index >= 15 is 0 Å². The number of carbonyl (C=O) groups is 3. The van der Waals surface area contributed by atoms with Crippen LogP contribution in [0.15, 0.2) is 61.1 Å². The van der Waals surface area contributed by atoms with Gasteiger partial charge >= 0.3 is 5.97 Å². The van der Waals surface area contributed by atoms with Gasteiger partial charge in [-0.1, -0.05) is 30.3 Å². The number of carboxylic acid groups (broad SMARTS) is 1. The van der Waals surface area contributed by atoms with Crippen LogP contribution in [0, 0.1) is 0 Å². The molecule has 0 saturated heterocycles. The van der Waals surface area contributed by atoms with Crippen molar-refractivity contribution in [2.75, 3.05) is 16.9 Å². The first-order valence-corrected chi connectivity index (χ1v) is 11.7. The highest BCUT2D eigenvalue weighted by atomic mass is 32.2. The fourth-order valence-electron chi connectivity index (χ4n) is 3.44. The summed E-state index contributed by atoms with van der Waals surface area (Å²) in [6, 6.07) is 13.3. The van der Waals surface area contributed by atoms with E-state index in [1.54, 1.807) is 35.3 Å². The molecule has 0 bridgehead atoms. The summed E-state index contributed by atoms with van der Waals surface area (Å²) in [5.41, 5.74) is 2.23. The number of anilines is 2. The molecule has 0 aliphatic heterocycles. The van der Waals surface area contributed by atoms with E-state index in [-0.39, 0.29) is 5.91 Å². The van der Waals surface area contributed by atoms with Crippen molar-refractivity contribution < 1.29 is 19.5 Å². The highest BCUT2D eigenvalue weighted by Crippen LogP contribution is 2.32. The number of aryl methyl sites for hydroxylation is 1. The van der Waals surface area contributed by atoms with Gasteiger partial charge in [-0.3, -0.25) is 14.5 Å². The van der Waals surface area contributed by atoms with Crippen LogP contribution in [0.4, 0.5) is 11.5 Å². The number of carbonyl (C=O) groups excluding carboxylic acids is 2. The fourth-order valence-corrected chi connectivity index (χ4v) is 3.92. The Labute approximate surface area is 196 Å². The van der Waals surface area contributed by atoms with Crippen molar-refractivity contribution in [3.8, 4) is 11.1 Å². The van der Waals surface area contributed by atoms with Gasteiger partial charge in [-0.15, -0.1) is 0 Å². The zero-order valence-corrected chi connectivity index (χ0v) is 19.5. The summed E-state index contributed by atoms with van der Waals surface area (Å²) in [5.74, 6) is -0.717. The molecule has 0 spiro atoms. The predicted octanol–water partition coefficient (Wildman–Crippen LogP) is 3.71. The lowest BCUT2D eigenvalue weighted by atomic mass is 9.97. The van der Waals surface area contributed by atoms with E-state index in [4.69, 9.17) is 0 Å². The van der Waals surface area contributed by atoms with Gasteiger partial charge in [-0.2, -0.15) is 11.8 Å². The third-order valence-corrected chi connectivity index (χ3v) is 5.68. The number of nitrogens with one attached hydrogen (secondary N) is 1. The van der Waals surface area contributed by atoms with Gasteiger partial charge in [0.05, 0.1) is 12.0 Å². The zero-order valence-electron chi connectivity index (χ0n) is 18.7. The molecule has 172 valence electrons. The Bertz CT molecular complexity index is 1150. The molecule has 8 nitrogen and oxygen atoms in total. The molecule has 2 N–H and O–H groups in total. The van der Waals surface area contributed by atoms with E-state index in [1.807, 2.05) is 43.6 Å². The number of benzene rings is 2. The summed E-state index contributed by atoms with van der Waals surface area (Å²) in [5, 5.41) is 12.1. The van der Waals surface area contributed by atoms with E-state index in [1.165, 1.54) is 23.6 Å². The first-order chi connectivity index (χ1) is 15.8. The van der Waals surface area contributed by atoms with Crippen LogP contribution in [0.5, 0.6) is 0 Å². The molecule has 3 aromatic rings. The molecule has 2 aromatic carbocycles. The topological polar surface area (TPSA) is 105 Å². The normalized spacial score (nSPS) is 11.6. The average Bonchev–Trinajstić information content (AvgIpc) is 3.22. The Hall–Kier alpha value is -3.59. The van der Waals surface area contributed by atoms with Crippen LogP contribution < -0.4 is 10.2 Å². The molecule has 33 heavy (non-hydrogen) atoms. The molecular formula is C24H26N4O4S. The molecule has 1 atom stereocenters. The largest absolute Gasteiger partial charge is 0.480 e. The standard InChI is InChI=1S/C24H26N4O4S/c1-16(29)28(22-14-27(2)15-25-22)18-9-10-19(20(13-18)17-7-5-4-6-8-17)23(30)26-21(24(31)32)11-12-33-3/h4-10,13-15,21H,11-12H2,1-3H3,(H,26,30)(H,31,32). The minimum absolute atomic E-state index is 0.229. The maximum Gasteiger partial charge on any atom is 0.326 e. The summed E-state index contributed by atoms with van der Waals surface area (Å²) >= 11 is 1.52. The molecule has 1 unspecified atom stereocenters. The fraction of sp³-hybridized carbons (Fsp3) is 0.250. The smallest absolute Gasteiger partial charge is 0.326 e. The monoisotopic (exact) mass is 466 g/mol. The lowest BCUT2D eigenvalue weighted by Crippen LogP contribution is -2.41. The number of rotatable bonds is 9. The van der Waals surface area contributed by atoms with Gasteiger partial charge in [0.1, 0.15) is 6.04 Å². The van der Waals surface area contributed by atoms with Crippen LogP contribution in [0.25, 0.3) is 11.1 Å². The van der Waals surface area contributed by atoms with Crippen LogP contribution in [-0.2, 0) is 16.6 Å². The summed E-state index contributed by atoms with van der Waals surface area (Å²) in [4.78, 5) is 43.0. The number of aliphatic carboxylic acids is 1. The van der Waals surface area contributed by atoms with Gasteiger partial charge in [0.2, 0.25) is 5.91 Å². The number of hydrogen-bond acceptors (Lipinski definition) is 5. The number of aromatic nitrogens is 2. The predicted molar refractivity (Wildman–Crippen MR) is 130 cm³/mol. The Morgan fingerprint density at radius 1 is 1.18 bits per heavy atom. The van der Waals surface area contributed by atoms with E-state index in [9.17, 15) is 19.5 Å². The van der Waals surface area contributed by atoms with E-state index < -0.39 is 17.9 Å². The Morgan fingerprint density at radius 3 is 2.48 bits per heavy atom. The number of amides is 2. The Balaban J connectivity index is 2.05. The SMILES string of the molecule is CSCCC(NC(=O)c1ccc(N(C(C)=O)c2cn(C)cn2)cc1-c1ccccc1)C(=O)O. The van der Waals surface area contributed by atoms with Crippen molar-refractivity contribution >= 4 is 41.1 Å². The van der Waals surface area contributed by atoms with Gasteiger partial charge in [-0.05, 0) is 47.8 Å². The molecule has 0 aliphatic rings. The summed E-state index contributed by atoms with van der Waals surface area (Å²) in [7, 11) is 1.81. The molecule has 0 radical (unpaired) electrons. The Kier molecular flexibility index (Phi) is 7.89. The zero-order chi connectivity index (χ0) is 24.0. The van der Waals surface area contributed by atoms with Crippen molar-refractivity contribution in [3.63, 3.8) is 0 Å². The maximum absolute atomic E-state index is 13.1. The lowest BCUT2D eigenvalue weighted by molar-refractivity contribution is -0.139. The molecule has 1 aromatic heterocycles. The van der Waals surface area contributed by atoms with Crippen LogP contribution in [0.2, 0.25) is 0 Å². The summed E-state index contributed by atoms with van der Waals surface area (Å²) in [6.45, 7) is 1.45. The minimum Gasteiger partial charge on any atom is -0.480 e.